The normalized spacial score (nSPS) is 20.2. The number of aliphatic hydroxyl groups excluding tert-OH is 1. The van der Waals surface area contributed by atoms with E-state index < -0.39 is 24.0 Å². The topological polar surface area (TPSA) is 202 Å². The van der Waals surface area contributed by atoms with Crippen molar-refractivity contribution < 1.29 is 43.6 Å². The summed E-state index contributed by atoms with van der Waals surface area (Å²) in [5.41, 5.74) is 9.75. The molecule has 1 radical (unpaired) electrons. The molecule has 57 heavy (non-hydrogen) atoms. The number of guanidine groups is 1. The number of carbonyl (C=O) groups excluding carboxylic acids is 3. The van der Waals surface area contributed by atoms with E-state index >= 15 is 0 Å². The number of nitrogens with one attached hydrogen (secondary N) is 1. The van der Waals surface area contributed by atoms with Crippen LogP contribution >= 0.6 is 0 Å². The van der Waals surface area contributed by atoms with Crippen LogP contribution in [0.15, 0.2) is 9.98 Å². The predicted octanol–water partition coefficient (Wildman–Crippen LogP) is 5.78. The molecule has 5 atom stereocenters. The van der Waals surface area contributed by atoms with Gasteiger partial charge in [0.1, 0.15) is 23.8 Å². The summed E-state index contributed by atoms with van der Waals surface area (Å²) in [5.74, 6) is 1.61. The van der Waals surface area contributed by atoms with Gasteiger partial charge in [0.15, 0.2) is 18.2 Å². The summed E-state index contributed by atoms with van der Waals surface area (Å²) in [7, 11) is 0. The Morgan fingerprint density at radius 2 is 1.58 bits per heavy atom. The van der Waals surface area contributed by atoms with Crippen LogP contribution < -0.4 is 20.5 Å². The summed E-state index contributed by atoms with van der Waals surface area (Å²) < 4.78 is 17.4. The summed E-state index contributed by atoms with van der Waals surface area (Å²) >= 11 is 0. The molecule has 0 aliphatic carbocycles. The Balaban J connectivity index is 0.000000580. The van der Waals surface area contributed by atoms with E-state index in [1.807, 2.05) is 6.92 Å². The molecule has 0 spiro atoms. The summed E-state index contributed by atoms with van der Waals surface area (Å²) in [5, 5.41) is 18.6. The van der Waals surface area contributed by atoms with Crippen molar-refractivity contribution in [2.75, 3.05) is 19.9 Å². The standard InChI is InChI=1S/C31H52O3.C8H13N5O3.C3H4O3.Na/c1-21(2)13-10-14-22(3)15-11-16-23(4)17-12-19-31(9)20-18-28-26(7)29(33-27(8)32)24(5)25(6)30(28)34-31;9-8-11-6-5(7(15)12-8)10-3-13(6)4-16-2-1-14;1-2(4)3(5)6;/h21-23H,10-20H2,1-9H3;3,5-6,14H,1-2,4H2,(H3,9,11,12,15);1H3,(H,5,6);/t22-,23-,31-;;;/m1.../s1. The monoisotopic (exact) mass is 810 g/mol. The molecule has 1 amide bonds. The van der Waals surface area contributed by atoms with E-state index in [2.05, 4.69) is 63.8 Å². The number of Topliss-reactive ketones (excluding diaryl/α,β-unsaturated/α-hetero) is 1. The van der Waals surface area contributed by atoms with Crippen molar-refractivity contribution in [2.24, 2.45) is 33.5 Å². The van der Waals surface area contributed by atoms with Crippen molar-refractivity contribution in [3.8, 4) is 11.5 Å². The maximum Gasteiger partial charge on any atom is 0.371 e. The van der Waals surface area contributed by atoms with Crippen molar-refractivity contribution in [3.05, 3.63) is 22.3 Å². The predicted molar refractivity (Wildman–Crippen MR) is 224 cm³/mol. The number of amides is 1. The molecule has 0 fully saturated rings. The average molecular weight is 811 g/mol. The maximum absolute atomic E-state index is 11.6. The van der Waals surface area contributed by atoms with Crippen LogP contribution in [0.2, 0.25) is 0 Å². The van der Waals surface area contributed by atoms with E-state index in [4.69, 9.17) is 30.2 Å². The molecule has 4 rings (SSSR count). The number of ketones is 1. The quantitative estimate of drug-likeness (QED) is 0.0461. The zero-order valence-electron chi connectivity index (χ0n) is 36.5. The molecule has 317 valence electrons. The minimum absolute atomic E-state index is 0. The minimum Gasteiger partial charge on any atom is -0.487 e. The zero-order valence-corrected chi connectivity index (χ0v) is 38.5. The smallest absolute Gasteiger partial charge is 0.371 e. The molecule has 2 unspecified atom stereocenters. The van der Waals surface area contributed by atoms with Crippen LogP contribution in [0, 0.1) is 38.5 Å². The van der Waals surface area contributed by atoms with Crippen molar-refractivity contribution >= 4 is 65.5 Å². The van der Waals surface area contributed by atoms with Gasteiger partial charge in [-0.15, -0.1) is 0 Å². The molecular formula is C42H69N5NaO9. The number of aliphatic carboxylic acids is 1. The van der Waals surface area contributed by atoms with Gasteiger partial charge in [0.2, 0.25) is 5.78 Å². The van der Waals surface area contributed by atoms with Gasteiger partial charge in [-0.2, -0.15) is 0 Å². The number of rotatable bonds is 18. The molecule has 14 nitrogen and oxygen atoms in total. The largest absolute Gasteiger partial charge is 0.487 e. The second-order valence-corrected chi connectivity index (χ2v) is 16.3. The first-order chi connectivity index (χ1) is 26.3. The van der Waals surface area contributed by atoms with E-state index in [-0.39, 0.29) is 72.9 Å². The van der Waals surface area contributed by atoms with Gasteiger partial charge < -0.3 is 35.1 Å². The van der Waals surface area contributed by atoms with Gasteiger partial charge in [-0.25, -0.2) is 9.79 Å². The molecule has 3 heterocycles. The SMILES string of the molecule is CC(=O)C(=O)O.CC(=O)Oc1c(C)c(C)c2c(c1C)CC[C@@](C)(CCC[C@H](C)CCC[C@H](C)CCCC(C)C)O2.NC1=NC2C(N=CN2COCCO)C(=O)N1.[Na]. The number of nitrogens with two attached hydrogens (primary N) is 1. The summed E-state index contributed by atoms with van der Waals surface area (Å²) in [4.78, 5) is 51.7. The Morgan fingerprint density at radius 3 is 2.12 bits per heavy atom. The second kappa shape index (κ2) is 25.4. The second-order valence-electron chi connectivity index (χ2n) is 16.3. The molecule has 0 saturated carbocycles. The number of hydrogen-bond acceptors (Lipinski definition) is 12. The molecule has 3 aliphatic rings. The number of aliphatic imine (C=N–C) groups is 2. The number of fused-ring (bicyclic) bond motifs is 2. The molecule has 1 aromatic carbocycles. The number of carbonyl (C=O) groups is 4. The van der Waals surface area contributed by atoms with Gasteiger partial charge in [0.05, 0.1) is 19.6 Å². The fourth-order valence-electron chi connectivity index (χ4n) is 7.11. The van der Waals surface area contributed by atoms with Gasteiger partial charge in [-0.1, -0.05) is 72.6 Å². The molecule has 0 aromatic heterocycles. The van der Waals surface area contributed by atoms with Crippen LogP contribution in [0.4, 0.5) is 0 Å². The van der Waals surface area contributed by atoms with Crippen molar-refractivity contribution in [1.29, 1.82) is 0 Å². The Kier molecular flexibility index (Phi) is 23.2. The minimum atomic E-state index is -1.38. The first kappa shape index (κ1) is 52.0. The number of carboxylic acids is 1. The zero-order chi connectivity index (χ0) is 42.2. The maximum atomic E-state index is 11.6. The van der Waals surface area contributed by atoms with E-state index in [1.54, 1.807) is 4.90 Å². The Hall–Kier alpha value is -3.04. The van der Waals surface area contributed by atoms with Crippen LogP contribution in [0.25, 0.3) is 0 Å². The molecule has 0 bridgehead atoms. The Bertz CT molecular complexity index is 1540. The molecular weight excluding hydrogens is 741 g/mol. The van der Waals surface area contributed by atoms with Crippen LogP contribution in [0.5, 0.6) is 11.5 Å². The van der Waals surface area contributed by atoms with Crippen LogP contribution in [0.3, 0.4) is 0 Å². The number of benzene rings is 1. The number of aliphatic hydroxyl groups is 1. The van der Waals surface area contributed by atoms with Crippen molar-refractivity contribution in [1.82, 2.24) is 10.2 Å². The number of hydrogen-bond donors (Lipinski definition) is 4. The Morgan fingerprint density at radius 1 is 1.00 bits per heavy atom. The first-order valence-corrected chi connectivity index (χ1v) is 20.2. The molecule has 5 N–H and O–H groups in total. The summed E-state index contributed by atoms with van der Waals surface area (Å²) in [6, 6.07) is -0.565. The molecule has 1 aromatic rings. The van der Waals surface area contributed by atoms with Crippen molar-refractivity contribution in [2.45, 2.75) is 158 Å². The van der Waals surface area contributed by atoms with Gasteiger partial charge >= 0.3 is 11.9 Å². The number of nitrogens with zero attached hydrogens (tertiary/aromatic N) is 3. The summed E-state index contributed by atoms with van der Waals surface area (Å²) in [6.07, 6.45) is 14.9. The van der Waals surface area contributed by atoms with Crippen LogP contribution in [-0.2, 0) is 30.3 Å². The van der Waals surface area contributed by atoms with Crippen LogP contribution in [0.1, 0.15) is 135 Å². The third-order valence-corrected chi connectivity index (χ3v) is 10.7. The van der Waals surface area contributed by atoms with Gasteiger partial charge in [0.25, 0.3) is 5.91 Å². The fraction of sp³-hybridized carbons (Fsp3) is 0.714. The number of carboxylic acid groups (broad SMARTS) is 1. The molecule has 15 heteroatoms. The van der Waals surface area contributed by atoms with E-state index in [0.29, 0.717) is 0 Å². The average Bonchev–Trinajstić information content (AvgIpc) is 3.52. The third-order valence-electron chi connectivity index (χ3n) is 10.7. The van der Waals surface area contributed by atoms with E-state index in [1.165, 1.54) is 70.2 Å². The van der Waals surface area contributed by atoms with Crippen LogP contribution in [-0.4, -0.2) is 118 Å². The van der Waals surface area contributed by atoms with E-state index in [9.17, 15) is 19.2 Å². The number of esters is 1. The summed E-state index contributed by atoms with van der Waals surface area (Å²) in [6.45, 7) is 20.9. The fourth-order valence-corrected chi connectivity index (χ4v) is 7.11. The first-order valence-electron chi connectivity index (χ1n) is 20.2. The third kappa shape index (κ3) is 17.4. The van der Waals surface area contributed by atoms with Gasteiger partial charge in [-0.05, 0) is 87.8 Å². The number of ether oxygens (including phenoxy) is 3. The van der Waals surface area contributed by atoms with Gasteiger partial charge in [-0.3, -0.25) is 24.7 Å². The molecule has 0 saturated heterocycles. The van der Waals surface area contributed by atoms with Gasteiger partial charge in [0, 0.05) is 49.0 Å². The molecule has 3 aliphatic heterocycles. The van der Waals surface area contributed by atoms with Crippen molar-refractivity contribution in [3.63, 3.8) is 0 Å². The Labute approximate surface area is 362 Å². The van der Waals surface area contributed by atoms with E-state index in [0.717, 1.165) is 72.1 Å².